The molecule has 0 radical (unpaired) electrons. The summed E-state index contributed by atoms with van der Waals surface area (Å²) in [5.74, 6) is -0.163. The first kappa shape index (κ1) is 17.0. The molecule has 0 N–H and O–H groups in total. The van der Waals surface area contributed by atoms with Gasteiger partial charge in [-0.2, -0.15) is 0 Å². The monoisotopic (exact) mass is 293 g/mol. The molecule has 0 aliphatic rings. The third-order valence-electron chi connectivity index (χ3n) is 3.26. The largest absolute Gasteiger partial charge is 0.484 e. The van der Waals surface area contributed by atoms with Crippen molar-refractivity contribution in [1.29, 1.82) is 0 Å². The average molecular weight is 293 g/mol. The zero-order valence-corrected chi connectivity index (χ0v) is 13.3. The van der Waals surface area contributed by atoms with Gasteiger partial charge in [0.05, 0.1) is 13.0 Å². The molecule has 1 amide bonds. The van der Waals surface area contributed by atoms with Crippen LogP contribution in [0.1, 0.15) is 18.1 Å². The molecule has 0 spiro atoms. The molecule has 116 valence electrons. The second kappa shape index (κ2) is 7.67. The number of carbonyl (C=O) groups excluding carboxylic acids is 2. The molecule has 1 aromatic carbocycles. The molecule has 0 saturated carbocycles. The van der Waals surface area contributed by atoms with Gasteiger partial charge < -0.3 is 14.4 Å². The van der Waals surface area contributed by atoms with Gasteiger partial charge in [0.2, 0.25) is 0 Å². The Morgan fingerprint density at radius 1 is 1.29 bits per heavy atom. The van der Waals surface area contributed by atoms with Gasteiger partial charge in [0.25, 0.3) is 5.91 Å². The van der Waals surface area contributed by atoms with Crippen LogP contribution in [-0.4, -0.2) is 44.1 Å². The fourth-order valence-electron chi connectivity index (χ4n) is 2.00. The summed E-state index contributed by atoms with van der Waals surface area (Å²) in [7, 11) is 2.98. The molecule has 0 saturated heterocycles. The number of amides is 1. The molecule has 0 bridgehead atoms. The highest BCUT2D eigenvalue weighted by Crippen LogP contribution is 2.18. The number of nitrogens with zero attached hydrogens (tertiary/aromatic N) is 1. The van der Waals surface area contributed by atoms with Gasteiger partial charge in [-0.05, 0) is 25.5 Å². The molecular weight excluding hydrogens is 270 g/mol. The van der Waals surface area contributed by atoms with Crippen molar-refractivity contribution in [3.05, 3.63) is 29.3 Å². The minimum absolute atomic E-state index is 0.0473. The summed E-state index contributed by atoms with van der Waals surface area (Å²) in [6.07, 6.45) is 0. The highest BCUT2D eigenvalue weighted by atomic mass is 16.5. The smallest absolute Gasteiger partial charge is 0.310 e. The van der Waals surface area contributed by atoms with Crippen LogP contribution in [0.2, 0.25) is 0 Å². The van der Waals surface area contributed by atoms with Crippen molar-refractivity contribution in [3.63, 3.8) is 0 Å². The lowest BCUT2D eigenvalue weighted by Gasteiger charge is -2.20. The summed E-state index contributed by atoms with van der Waals surface area (Å²) in [6, 6.07) is 5.80. The van der Waals surface area contributed by atoms with Crippen molar-refractivity contribution in [2.24, 2.45) is 5.92 Å². The van der Waals surface area contributed by atoms with Gasteiger partial charge in [-0.1, -0.05) is 24.6 Å². The Morgan fingerprint density at radius 2 is 1.95 bits per heavy atom. The van der Waals surface area contributed by atoms with Gasteiger partial charge in [-0.3, -0.25) is 9.59 Å². The van der Waals surface area contributed by atoms with Crippen molar-refractivity contribution in [3.8, 4) is 5.75 Å². The number of benzene rings is 1. The zero-order chi connectivity index (χ0) is 16.0. The summed E-state index contributed by atoms with van der Waals surface area (Å²) in [5.41, 5.74) is 2.14. The van der Waals surface area contributed by atoms with Crippen molar-refractivity contribution in [2.45, 2.75) is 20.8 Å². The standard InChI is InChI=1S/C16H23NO4/c1-11-6-7-14(12(2)8-11)21-10-15(18)17(4)9-13(3)16(19)20-5/h6-8,13H,9-10H2,1-5H3. The molecule has 1 unspecified atom stereocenters. The Hall–Kier alpha value is -2.04. The van der Waals surface area contributed by atoms with Crippen LogP contribution < -0.4 is 4.74 Å². The summed E-state index contributed by atoms with van der Waals surface area (Å²) < 4.78 is 10.2. The van der Waals surface area contributed by atoms with E-state index < -0.39 is 0 Å². The third kappa shape index (κ3) is 5.10. The van der Waals surface area contributed by atoms with Gasteiger partial charge >= 0.3 is 5.97 Å². The van der Waals surface area contributed by atoms with E-state index in [0.717, 1.165) is 11.1 Å². The third-order valence-corrected chi connectivity index (χ3v) is 3.26. The number of hydrogen-bond donors (Lipinski definition) is 0. The quantitative estimate of drug-likeness (QED) is 0.752. The molecule has 0 fully saturated rings. The van der Waals surface area contributed by atoms with E-state index in [1.807, 2.05) is 32.0 Å². The van der Waals surface area contributed by atoms with Crippen molar-refractivity contribution >= 4 is 11.9 Å². The lowest BCUT2D eigenvalue weighted by atomic mass is 10.1. The van der Waals surface area contributed by atoms with Crippen LogP contribution >= 0.6 is 0 Å². The van der Waals surface area contributed by atoms with E-state index in [0.29, 0.717) is 12.3 Å². The van der Waals surface area contributed by atoms with Gasteiger partial charge in [0.15, 0.2) is 6.61 Å². The Labute approximate surface area is 125 Å². The predicted molar refractivity (Wildman–Crippen MR) is 80.2 cm³/mol. The minimum Gasteiger partial charge on any atom is -0.484 e. The number of esters is 1. The first-order valence-corrected chi connectivity index (χ1v) is 6.87. The summed E-state index contributed by atoms with van der Waals surface area (Å²) in [5, 5.41) is 0. The maximum Gasteiger partial charge on any atom is 0.310 e. The van der Waals surface area contributed by atoms with Crippen LogP contribution in [-0.2, 0) is 14.3 Å². The normalized spacial score (nSPS) is 11.7. The van der Waals surface area contributed by atoms with Crippen molar-refractivity contribution < 1.29 is 19.1 Å². The van der Waals surface area contributed by atoms with Gasteiger partial charge in [-0.25, -0.2) is 0 Å². The van der Waals surface area contributed by atoms with Crippen LogP contribution in [0, 0.1) is 19.8 Å². The summed E-state index contributed by atoms with van der Waals surface area (Å²) in [6.45, 7) is 5.93. The van der Waals surface area contributed by atoms with Crippen molar-refractivity contribution in [1.82, 2.24) is 4.90 Å². The Balaban J connectivity index is 2.51. The van der Waals surface area contributed by atoms with Crippen LogP contribution in [0.25, 0.3) is 0 Å². The van der Waals surface area contributed by atoms with E-state index in [9.17, 15) is 9.59 Å². The van der Waals surface area contributed by atoms with E-state index in [1.54, 1.807) is 14.0 Å². The summed E-state index contributed by atoms with van der Waals surface area (Å²) in [4.78, 5) is 24.8. The van der Waals surface area contributed by atoms with Crippen LogP contribution in [0.3, 0.4) is 0 Å². The molecule has 1 atom stereocenters. The van der Waals surface area contributed by atoms with E-state index in [-0.39, 0.29) is 24.4 Å². The Bertz CT molecular complexity index is 513. The molecule has 0 aliphatic heterocycles. The fraction of sp³-hybridized carbons (Fsp3) is 0.500. The zero-order valence-electron chi connectivity index (χ0n) is 13.3. The molecule has 5 nitrogen and oxygen atoms in total. The molecule has 1 rings (SSSR count). The molecule has 5 heteroatoms. The van der Waals surface area contributed by atoms with E-state index in [4.69, 9.17) is 4.74 Å². The van der Waals surface area contributed by atoms with E-state index in [1.165, 1.54) is 12.0 Å². The predicted octanol–water partition coefficient (Wildman–Crippen LogP) is 1.95. The minimum atomic E-state index is -0.356. The topological polar surface area (TPSA) is 55.8 Å². The van der Waals surface area contributed by atoms with Gasteiger partial charge in [0.1, 0.15) is 5.75 Å². The average Bonchev–Trinajstić information content (AvgIpc) is 2.44. The highest BCUT2D eigenvalue weighted by molar-refractivity contribution is 5.79. The molecule has 21 heavy (non-hydrogen) atoms. The molecule has 1 aromatic rings. The van der Waals surface area contributed by atoms with E-state index >= 15 is 0 Å². The molecule has 0 heterocycles. The number of carbonyl (C=O) groups is 2. The van der Waals surface area contributed by atoms with Crippen LogP contribution in [0.5, 0.6) is 5.75 Å². The first-order valence-electron chi connectivity index (χ1n) is 6.87. The Kier molecular flexibility index (Phi) is 6.21. The number of likely N-dealkylation sites (N-methyl/N-ethyl adjacent to an activating group) is 1. The first-order chi connectivity index (χ1) is 9.85. The molecular formula is C16H23NO4. The second-order valence-electron chi connectivity index (χ2n) is 5.26. The number of methoxy groups -OCH3 is 1. The SMILES string of the molecule is COC(=O)C(C)CN(C)C(=O)COc1ccc(C)cc1C. The number of hydrogen-bond acceptors (Lipinski definition) is 4. The van der Waals surface area contributed by atoms with E-state index in [2.05, 4.69) is 4.74 Å². The number of aryl methyl sites for hydroxylation is 2. The second-order valence-corrected chi connectivity index (χ2v) is 5.26. The Morgan fingerprint density at radius 3 is 2.52 bits per heavy atom. The highest BCUT2D eigenvalue weighted by Gasteiger charge is 2.19. The maximum atomic E-state index is 12.0. The van der Waals surface area contributed by atoms with Gasteiger partial charge in [-0.15, -0.1) is 0 Å². The van der Waals surface area contributed by atoms with Crippen LogP contribution in [0.4, 0.5) is 0 Å². The maximum absolute atomic E-state index is 12.0. The van der Waals surface area contributed by atoms with Gasteiger partial charge in [0, 0.05) is 13.6 Å². The number of ether oxygens (including phenoxy) is 2. The summed E-state index contributed by atoms with van der Waals surface area (Å²) >= 11 is 0. The fourth-order valence-corrected chi connectivity index (χ4v) is 2.00. The lowest BCUT2D eigenvalue weighted by molar-refractivity contribution is -0.146. The molecule has 0 aliphatic carbocycles. The number of rotatable bonds is 6. The molecule has 0 aromatic heterocycles. The lowest BCUT2D eigenvalue weighted by Crippen LogP contribution is -2.37. The van der Waals surface area contributed by atoms with Crippen LogP contribution in [0.15, 0.2) is 18.2 Å². The van der Waals surface area contributed by atoms with Crippen molar-refractivity contribution in [2.75, 3.05) is 27.3 Å².